The van der Waals surface area contributed by atoms with Gasteiger partial charge < -0.3 is 4.57 Å². The Bertz CT molecular complexity index is 1020. The van der Waals surface area contributed by atoms with Crippen LogP contribution in [0.25, 0.3) is 11.2 Å². The Kier molecular flexibility index (Phi) is 4.94. The van der Waals surface area contributed by atoms with Crippen molar-refractivity contribution in [1.29, 1.82) is 0 Å². The molecule has 0 bridgehead atoms. The van der Waals surface area contributed by atoms with E-state index < -0.39 is 0 Å². The third kappa shape index (κ3) is 3.33. The van der Waals surface area contributed by atoms with E-state index in [1.165, 1.54) is 9.13 Å². The predicted molar refractivity (Wildman–Crippen MR) is 102 cm³/mol. The molecular weight excluding hydrogens is 384 g/mol. The van der Waals surface area contributed by atoms with Crippen molar-refractivity contribution in [3.63, 3.8) is 0 Å². The molecule has 3 aromatic rings. The topological polar surface area (TPSA) is 61.8 Å². The molecule has 3 rings (SSSR count). The van der Waals surface area contributed by atoms with Gasteiger partial charge in [0.1, 0.15) is 0 Å². The van der Waals surface area contributed by atoms with Crippen molar-refractivity contribution in [2.24, 2.45) is 13.0 Å². The van der Waals surface area contributed by atoms with Crippen molar-refractivity contribution in [3.05, 3.63) is 61.5 Å². The standard InChI is InChI=1S/C18H21BrN4O2/c1-12(2)9-10-22-14-15(20-17(22)19)21(3)18(25)23(16(14)24)11-13-7-5-4-6-8-13/h4-8,12H,9-11H2,1-3H3. The maximum absolute atomic E-state index is 13.1. The first-order valence-electron chi connectivity index (χ1n) is 8.29. The molecule has 2 aromatic heterocycles. The minimum atomic E-state index is -0.359. The molecule has 6 nitrogen and oxygen atoms in total. The minimum absolute atomic E-state index is 0.245. The van der Waals surface area contributed by atoms with Crippen molar-refractivity contribution >= 4 is 27.1 Å². The van der Waals surface area contributed by atoms with Gasteiger partial charge in [-0.1, -0.05) is 44.2 Å². The second-order valence-electron chi connectivity index (χ2n) is 6.61. The highest BCUT2D eigenvalue weighted by Gasteiger charge is 2.19. The molecule has 0 fully saturated rings. The summed E-state index contributed by atoms with van der Waals surface area (Å²) in [5.41, 5.74) is 1.13. The number of halogens is 1. The van der Waals surface area contributed by atoms with Gasteiger partial charge >= 0.3 is 5.69 Å². The number of imidazole rings is 1. The van der Waals surface area contributed by atoms with E-state index in [9.17, 15) is 9.59 Å². The van der Waals surface area contributed by atoms with E-state index in [2.05, 4.69) is 34.8 Å². The number of benzene rings is 1. The Balaban J connectivity index is 2.20. The molecule has 0 aliphatic carbocycles. The molecule has 7 heteroatoms. The molecule has 0 aliphatic rings. The van der Waals surface area contributed by atoms with E-state index in [0.29, 0.717) is 28.4 Å². The van der Waals surface area contributed by atoms with E-state index >= 15 is 0 Å². The lowest BCUT2D eigenvalue weighted by molar-refractivity contribution is 0.516. The summed E-state index contributed by atoms with van der Waals surface area (Å²) in [5, 5.41) is 0. The van der Waals surface area contributed by atoms with Crippen molar-refractivity contribution in [2.45, 2.75) is 33.4 Å². The zero-order valence-electron chi connectivity index (χ0n) is 14.6. The van der Waals surface area contributed by atoms with Crippen molar-refractivity contribution < 1.29 is 0 Å². The van der Waals surface area contributed by atoms with E-state index in [1.807, 2.05) is 34.9 Å². The zero-order valence-corrected chi connectivity index (χ0v) is 16.2. The van der Waals surface area contributed by atoms with E-state index in [0.717, 1.165) is 12.0 Å². The van der Waals surface area contributed by atoms with Gasteiger partial charge in [0.2, 0.25) is 0 Å². The molecule has 132 valence electrons. The highest BCUT2D eigenvalue weighted by atomic mass is 79.9. The fourth-order valence-electron chi connectivity index (χ4n) is 2.84. The number of aromatic nitrogens is 4. The van der Waals surface area contributed by atoms with Crippen LogP contribution in [-0.2, 0) is 20.1 Å². The molecule has 0 radical (unpaired) electrons. The molecule has 0 spiro atoms. The van der Waals surface area contributed by atoms with Crippen LogP contribution in [0.5, 0.6) is 0 Å². The summed E-state index contributed by atoms with van der Waals surface area (Å²) in [7, 11) is 1.65. The molecule has 0 saturated carbocycles. The first kappa shape index (κ1) is 17.7. The number of fused-ring (bicyclic) bond motifs is 1. The number of aryl methyl sites for hydroxylation is 2. The van der Waals surface area contributed by atoms with Crippen LogP contribution < -0.4 is 11.2 Å². The Hall–Kier alpha value is -2.15. The van der Waals surface area contributed by atoms with Crippen molar-refractivity contribution in [2.75, 3.05) is 0 Å². The average molecular weight is 405 g/mol. The van der Waals surface area contributed by atoms with Crippen LogP contribution in [0.2, 0.25) is 0 Å². The molecule has 2 heterocycles. The van der Waals surface area contributed by atoms with Crippen LogP contribution in [-0.4, -0.2) is 18.7 Å². The van der Waals surface area contributed by atoms with Crippen LogP contribution in [0.3, 0.4) is 0 Å². The lowest BCUT2D eigenvalue weighted by Gasteiger charge is -2.11. The molecule has 0 aliphatic heterocycles. The predicted octanol–water partition coefficient (Wildman–Crippen LogP) is 2.75. The normalized spacial score (nSPS) is 11.6. The van der Waals surface area contributed by atoms with Crippen LogP contribution in [0, 0.1) is 5.92 Å². The second-order valence-corrected chi connectivity index (χ2v) is 7.31. The summed E-state index contributed by atoms with van der Waals surface area (Å²) in [5.74, 6) is 0.503. The molecule has 25 heavy (non-hydrogen) atoms. The van der Waals surface area contributed by atoms with Crippen LogP contribution in [0.1, 0.15) is 25.8 Å². The average Bonchev–Trinajstić information content (AvgIpc) is 2.92. The lowest BCUT2D eigenvalue weighted by atomic mass is 10.1. The van der Waals surface area contributed by atoms with Gasteiger partial charge in [-0.25, -0.2) is 9.78 Å². The number of rotatable bonds is 5. The molecule has 0 amide bonds. The van der Waals surface area contributed by atoms with Gasteiger partial charge in [-0.15, -0.1) is 0 Å². The summed E-state index contributed by atoms with van der Waals surface area (Å²) >= 11 is 3.43. The number of nitrogens with zero attached hydrogens (tertiary/aromatic N) is 4. The Labute approximate surface area is 153 Å². The van der Waals surface area contributed by atoms with Gasteiger partial charge in [0.15, 0.2) is 15.9 Å². The van der Waals surface area contributed by atoms with Gasteiger partial charge in [-0.3, -0.25) is 13.9 Å². The Morgan fingerprint density at radius 3 is 2.44 bits per heavy atom. The highest BCUT2D eigenvalue weighted by molar-refractivity contribution is 9.10. The quantitative estimate of drug-likeness (QED) is 0.614. The third-order valence-corrected chi connectivity index (χ3v) is 4.90. The van der Waals surface area contributed by atoms with Gasteiger partial charge in [0.25, 0.3) is 5.56 Å². The fraction of sp³-hybridized carbons (Fsp3) is 0.389. The first-order chi connectivity index (χ1) is 11.9. The summed E-state index contributed by atoms with van der Waals surface area (Å²) in [6, 6.07) is 9.51. The van der Waals surface area contributed by atoms with Crippen molar-refractivity contribution in [1.82, 2.24) is 18.7 Å². The molecule has 0 unspecified atom stereocenters. The maximum atomic E-state index is 13.1. The molecule has 1 aromatic carbocycles. The van der Waals surface area contributed by atoms with E-state index in [1.54, 1.807) is 7.05 Å². The monoisotopic (exact) mass is 404 g/mol. The summed E-state index contributed by atoms with van der Waals surface area (Å²) in [4.78, 5) is 30.1. The first-order valence-corrected chi connectivity index (χ1v) is 9.09. The van der Waals surface area contributed by atoms with Crippen LogP contribution in [0.15, 0.2) is 44.7 Å². The lowest BCUT2D eigenvalue weighted by Crippen LogP contribution is -2.40. The minimum Gasteiger partial charge on any atom is -0.313 e. The third-order valence-electron chi connectivity index (χ3n) is 4.30. The highest BCUT2D eigenvalue weighted by Crippen LogP contribution is 2.18. The molecular formula is C18H21BrN4O2. The SMILES string of the molecule is CC(C)CCn1c(Br)nc2c1c(=O)n(Cc1ccccc1)c(=O)n2C. The van der Waals surface area contributed by atoms with Crippen molar-refractivity contribution in [3.8, 4) is 0 Å². The second kappa shape index (κ2) is 7.00. The Morgan fingerprint density at radius 1 is 1.12 bits per heavy atom. The van der Waals surface area contributed by atoms with E-state index in [-0.39, 0.29) is 17.8 Å². The van der Waals surface area contributed by atoms with Gasteiger partial charge in [0, 0.05) is 13.6 Å². The summed E-state index contributed by atoms with van der Waals surface area (Å²) < 4.78 is 5.15. The fourth-order valence-corrected chi connectivity index (χ4v) is 3.36. The summed E-state index contributed by atoms with van der Waals surface area (Å²) in [6.07, 6.45) is 0.922. The Morgan fingerprint density at radius 2 is 1.80 bits per heavy atom. The summed E-state index contributed by atoms with van der Waals surface area (Å²) in [6.45, 7) is 5.19. The van der Waals surface area contributed by atoms with E-state index in [4.69, 9.17) is 0 Å². The molecule has 0 saturated heterocycles. The number of hydrogen-bond acceptors (Lipinski definition) is 3. The van der Waals surface area contributed by atoms with Gasteiger partial charge in [-0.05, 0) is 33.8 Å². The molecule has 0 N–H and O–H groups in total. The van der Waals surface area contributed by atoms with Gasteiger partial charge in [-0.2, -0.15) is 0 Å². The van der Waals surface area contributed by atoms with Crippen LogP contribution in [0.4, 0.5) is 0 Å². The van der Waals surface area contributed by atoms with Gasteiger partial charge in [0.05, 0.1) is 6.54 Å². The maximum Gasteiger partial charge on any atom is 0.332 e. The van der Waals surface area contributed by atoms with Crippen LogP contribution >= 0.6 is 15.9 Å². The number of hydrogen-bond donors (Lipinski definition) is 0. The molecule has 0 atom stereocenters. The largest absolute Gasteiger partial charge is 0.332 e. The zero-order chi connectivity index (χ0) is 18.1. The smallest absolute Gasteiger partial charge is 0.313 e.